The largest absolute Gasteiger partial charge is 0.330 e. The van der Waals surface area contributed by atoms with E-state index in [1.165, 1.54) is 5.56 Å². The zero-order chi connectivity index (χ0) is 8.81. The molecule has 0 saturated heterocycles. The van der Waals surface area contributed by atoms with E-state index >= 15 is 0 Å². The second-order valence-corrected chi connectivity index (χ2v) is 3.24. The first-order chi connectivity index (χ1) is 5.83. The monoisotopic (exact) mass is 164 g/mol. The summed E-state index contributed by atoms with van der Waals surface area (Å²) < 4.78 is 0. The van der Waals surface area contributed by atoms with Crippen molar-refractivity contribution in [3.8, 4) is 0 Å². The van der Waals surface area contributed by atoms with E-state index in [0.717, 1.165) is 19.4 Å². The van der Waals surface area contributed by atoms with E-state index in [1.54, 1.807) is 0 Å². The molecule has 0 aliphatic heterocycles. The van der Waals surface area contributed by atoms with Crippen LogP contribution in [0.5, 0.6) is 0 Å². The Morgan fingerprint density at radius 3 is 2.67 bits per heavy atom. The van der Waals surface area contributed by atoms with Gasteiger partial charge in [-0.15, -0.1) is 0 Å². The summed E-state index contributed by atoms with van der Waals surface area (Å²) in [5.41, 5.74) is 6.82. The number of aromatic nitrogens is 1. The number of nitrogens with zero attached hydrogens (tertiary/aromatic N) is 1. The molecule has 0 bridgehead atoms. The van der Waals surface area contributed by atoms with Crippen LogP contribution in [0.2, 0.25) is 0 Å². The lowest BCUT2D eigenvalue weighted by Crippen LogP contribution is -2.07. The van der Waals surface area contributed by atoms with Crippen molar-refractivity contribution in [1.29, 1.82) is 0 Å². The number of hydrogen-bond acceptors (Lipinski definition) is 2. The third-order valence-corrected chi connectivity index (χ3v) is 1.99. The van der Waals surface area contributed by atoms with Gasteiger partial charge in [0.1, 0.15) is 0 Å². The molecular formula is C10H16N2. The van der Waals surface area contributed by atoms with Gasteiger partial charge < -0.3 is 5.73 Å². The minimum absolute atomic E-state index is 0.678. The molecule has 2 N–H and O–H groups in total. The van der Waals surface area contributed by atoms with Gasteiger partial charge >= 0.3 is 0 Å². The zero-order valence-electron chi connectivity index (χ0n) is 7.53. The number of pyridine rings is 1. The van der Waals surface area contributed by atoms with Crippen molar-refractivity contribution < 1.29 is 0 Å². The molecule has 1 unspecified atom stereocenters. The molecular weight excluding hydrogens is 148 g/mol. The van der Waals surface area contributed by atoms with Crippen molar-refractivity contribution >= 4 is 0 Å². The minimum Gasteiger partial charge on any atom is -0.330 e. The molecule has 0 fully saturated rings. The zero-order valence-corrected chi connectivity index (χ0v) is 7.53. The highest BCUT2D eigenvalue weighted by molar-refractivity contribution is 5.10. The fourth-order valence-electron chi connectivity index (χ4n) is 1.31. The Kier molecular flexibility index (Phi) is 3.74. The van der Waals surface area contributed by atoms with Crippen LogP contribution in [0.1, 0.15) is 18.9 Å². The molecule has 0 saturated carbocycles. The lowest BCUT2D eigenvalue weighted by atomic mass is 9.99. The first-order valence-electron chi connectivity index (χ1n) is 4.42. The SMILES string of the molecule is CC(CCN)Cc1ccncc1. The Hall–Kier alpha value is -0.890. The third-order valence-electron chi connectivity index (χ3n) is 1.99. The molecule has 0 amide bonds. The van der Waals surface area contributed by atoms with E-state index in [1.807, 2.05) is 12.4 Å². The van der Waals surface area contributed by atoms with Crippen LogP contribution in [0.15, 0.2) is 24.5 Å². The number of nitrogens with two attached hydrogens (primary N) is 1. The Morgan fingerprint density at radius 1 is 1.42 bits per heavy atom. The summed E-state index contributed by atoms with van der Waals surface area (Å²) in [6, 6.07) is 4.13. The van der Waals surface area contributed by atoms with Crippen LogP contribution in [-0.2, 0) is 6.42 Å². The van der Waals surface area contributed by atoms with Crippen LogP contribution in [0.25, 0.3) is 0 Å². The summed E-state index contributed by atoms with van der Waals surface area (Å²) in [6.07, 6.45) is 5.89. The van der Waals surface area contributed by atoms with Crippen LogP contribution >= 0.6 is 0 Å². The fraction of sp³-hybridized carbons (Fsp3) is 0.500. The second kappa shape index (κ2) is 4.88. The maximum Gasteiger partial charge on any atom is 0.0270 e. The van der Waals surface area contributed by atoms with Crippen molar-refractivity contribution in [3.05, 3.63) is 30.1 Å². The number of rotatable bonds is 4. The van der Waals surface area contributed by atoms with Gasteiger partial charge in [0.05, 0.1) is 0 Å². The maximum absolute atomic E-state index is 5.47. The van der Waals surface area contributed by atoms with E-state index in [-0.39, 0.29) is 0 Å². The van der Waals surface area contributed by atoms with Gasteiger partial charge in [0, 0.05) is 12.4 Å². The molecule has 12 heavy (non-hydrogen) atoms. The fourth-order valence-corrected chi connectivity index (χ4v) is 1.31. The summed E-state index contributed by atoms with van der Waals surface area (Å²) in [4.78, 5) is 3.97. The Labute approximate surface area is 73.8 Å². The van der Waals surface area contributed by atoms with Crippen molar-refractivity contribution in [2.75, 3.05) is 6.54 Å². The summed E-state index contributed by atoms with van der Waals surface area (Å²) in [5, 5.41) is 0. The minimum atomic E-state index is 0.678. The molecule has 0 radical (unpaired) electrons. The standard InChI is InChI=1S/C10H16N2/c1-9(2-5-11)8-10-3-6-12-7-4-10/h3-4,6-7,9H,2,5,8,11H2,1H3. The Morgan fingerprint density at radius 2 is 2.08 bits per heavy atom. The first-order valence-corrected chi connectivity index (χ1v) is 4.42. The maximum atomic E-state index is 5.47. The van der Waals surface area contributed by atoms with Crippen molar-refractivity contribution in [2.24, 2.45) is 11.7 Å². The van der Waals surface area contributed by atoms with Gasteiger partial charge in [0.15, 0.2) is 0 Å². The van der Waals surface area contributed by atoms with Gasteiger partial charge in [0.2, 0.25) is 0 Å². The van der Waals surface area contributed by atoms with Gasteiger partial charge in [-0.3, -0.25) is 4.98 Å². The smallest absolute Gasteiger partial charge is 0.0270 e. The van der Waals surface area contributed by atoms with E-state index in [2.05, 4.69) is 24.0 Å². The summed E-state index contributed by atoms with van der Waals surface area (Å²) in [6.45, 7) is 3.01. The predicted molar refractivity (Wildman–Crippen MR) is 50.8 cm³/mol. The van der Waals surface area contributed by atoms with Crippen molar-refractivity contribution in [2.45, 2.75) is 19.8 Å². The van der Waals surface area contributed by atoms with E-state index in [9.17, 15) is 0 Å². The van der Waals surface area contributed by atoms with Gasteiger partial charge in [-0.1, -0.05) is 6.92 Å². The van der Waals surface area contributed by atoms with Crippen molar-refractivity contribution in [1.82, 2.24) is 4.98 Å². The number of hydrogen-bond donors (Lipinski definition) is 1. The van der Waals surface area contributed by atoms with Gasteiger partial charge in [-0.05, 0) is 43.0 Å². The van der Waals surface area contributed by atoms with Crippen molar-refractivity contribution in [3.63, 3.8) is 0 Å². The average molecular weight is 164 g/mol. The van der Waals surface area contributed by atoms with Crippen LogP contribution in [-0.4, -0.2) is 11.5 Å². The summed E-state index contributed by atoms with van der Waals surface area (Å²) >= 11 is 0. The third kappa shape index (κ3) is 3.01. The molecule has 2 heteroatoms. The van der Waals surface area contributed by atoms with Crippen LogP contribution in [0.3, 0.4) is 0 Å². The molecule has 0 aromatic carbocycles. The first kappa shape index (κ1) is 9.20. The van der Waals surface area contributed by atoms with E-state index in [4.69, 9.17) is 5.73 Å². The normalized spacial score (nSPS) is 12.8. The molecule has 0 aliphatic rings. The molecule has 1 atom stereocenters. The average Bonchev–Trinajstić information content (AvgIpc) is 2.06. The highest BCUT2D eigenvalue weighted by Gasteiger charge is 2.01. The van der Waals surface area contributed by atoms with Crippen LogP contribution in [0, 0.1) is 5.92 Å². The Bertz CT molecular complexity index is 208. The lowest BCUT2D eigenvalue weighted by molar-refractivity contribution is 0.538. The van der Waals surface area contributed by atoms with Gasteiger partial charge in [-0.2, -0.15) is 0 Å². The van der Waals surface area contributed by atoms with E-state index < -0.39 is 0 Å². The van der Waals surface area contributed by atoms with E-state index in [0.29, 0.717) is 5.92 Å². The lowest BCUT2D eigenvalue weighted by Gasteiger charge is -2.08. The quantitative estimate of drug-likeness (QED) is 0.734. The molecule has 0 aliphatic carbocycles. The Balaban J connectivity index is 2.41. The molecule has 66 valence electrons. The van der Waals surface area contributed by atoms with Gasteiger partial charge in [-0.25, -0.2) is 0 Å². The van der Waals surface area contributed by atoms with Gasteiger partial charge in [0.25, 0.3) is 0 Å². The molecule has 0 spiro atoms. The topological polar surface area (TPSA) is 38.9 Å². The molecule has 1 heterocycles. The summed E-state index contributed by atoms with van der Waals surface area (Å²) in [5.74, 6) is 0.678. The van der Waals surface area contributed by atoms with Crippen LogP contribution in [0.4, 0.5) is 0 Å². The molecule has 1 aromatic rings. The molecule has 1 rings (SSSR count). The molecule has 1 aromatic heterocycles. The second-order valence-electron chi connectivity index (χ2n) is 3.24. The summed E-state index contributed by atoms with van der Waals surface area (Å²) in [7, 11) is 0. The highest BCUT2D eigenvalue weighted by atomic mass is 14.6. The highest BCUT2D eigenvalue weighted by Crippen LogP contribution is 2.09. The van der Waals surface area contributed by atoms with Crippen LogP contribution < -0.4 is 5.73 Å². The molecule has 2 nitrogen and oxygen atoms in total. The predicted octanol–water partition coefficient (Wildman–Crippen LogP) is 1.61.